The van der Waals surface area contributed by atoms with Gasteiger partial charge in [-0.25, -0.2) is 0 Å². The Hall–Kier alpha value is -0.160. The predicted octanol–water partition coefficient (Wildman–Crippen LogP) is 3.76. The molecule has 0 bridgehead atoms. The van der Waals surface area contributed by atoms with E-state index in [1.807, 2.05) is 0 Å². The van der Waals surface area contributed by atoms with E-state index >= 15 is 0 Å². The Morgan fingerprint density at radius 3 is 1.13 bits per heavy atom. The third-order valence-corrected chi connectivity index (χ3v) is 3.98. The van der Waals surface area contributed by atoms with Gasteiger partial charge in [0.2, 0.25) is 0 Å². The van der Waals surface area contributed by atoms with Crippen LogP contribution in [-0.2, 0) is 0 Å². The van der Waals surface area contributed by atoms with E-state index in [1.165, 1.54) is 89.9 Å². The molecule has 0 heterocycles. The highest BCUT2D eigenvalue weighted by Gasteiger charge is 1.94. The third kappa shape index (κ3) is 27.0. The summed E-state index contributed by atoms with van der Waals surface area (Å²) in [6.07, 6.45) is 18.9. The van der Waals surface area contributed by atoms with Gasteiger partial charge in [0.1, 0.15) is 6.10 Å². The average molecular weight is 334 g/mol. The smallest absolute Gasteiger partial charge is 0.100 e. The zero-order valence-corrected chi connectivity index (χ0v) is 15.5. The van der Waals surface area contributed by atoms with E-state index in [0.29, 0.717) is 0 Å². The van der Waals surface area contributed by atoms with Crippen molar-refractivity contribution in [2.75, 3.05) is 19.8 Å². The van der Waals surface area contributed by atoms with Crippen molar-refractivity contribution >= 4 is 0 Å². The van der Waals surface area contributed by atoms with Crippen molar-refractivity contribution < 1.29 is 15.3 Å². The summed E-state index contributed by atoms with van der Waals surface area (Å²) in [6.45, 7) is 2.43. The Balaban J connectivity index is 0. The summed E-state index contributed by atoms with van der Waals surface area (Å²) in [7, 11) is 0. The molecule has 5 N–H and O–H groups in total. The Morgan fingerprint density at radius 1 is 0.609 bits per heavy atom. The van der Waals surface area contributed by atoms with Gasteiger partial charge < -0.3 is 21.1 Å². The lowest BCUT2D eigenvalue weighted by Crippen LogP contribution is -2.15. The van der Waals surface area contributed by atoms with Crippen molar-refractivity contribution in [2.24, 2.45) is 5.73 Å². The minimum absolute atomic E-state index is 0.365. The highest BCUT2D eigenvalue weighted by molar-refractivity contribution is 4.49. The molecule has 0 aliphatic heterocycles. The maximum Gasteiger partial charge on any atom is 0.100 e. The zero-order valence-electron chi connectivity index (χ0n) is 15.5. The molecule has 0 aliphatic rings. The summed E-state index contributed by atoms with van der Waals surface area (Å²) < 4.78 is 0. The molecule has 0 saturated heterocycles. The topological polar surface area (TPSA) is 86.7 Å². The van der Waals surface area contributed by atoms with Crippen LogP contribution in [0.5, 0.6) is 0 Å². The summed E-state index contributed by atoms with van der Waals surface area (Å²) in [6, 6.07) is 0. The van der Waals surface area contributed by atoms with Gasteiger partial charge in [-0.3, -0.25) is 0 Å². The minimum atomic E-state index is -0.954. The lowest BCUT2D eigenvalue weighted by molar-refractivity contribution is 0.0450. The van der Waals surface area contributed by atoms with Crippen molar-refractivity contribution in [1.82, 2.24) is 0 Å². The van der Waals surface area contributed by atoms with Gasteiger partial charge in [0.25, 0.3) is 0 Å². The Labute approximate surface area is 144 Å². The molecule has 0 unspecified atom stereocenters. The molecule has 0 saturated carbocycles. The summed E-state index contributed by atoms with van der Waals surface area (Å²) in [5.41, 5.74) is 5.47. The van der Waals surface area contributed by atoms with Crippen LogP contribution in [0.2, 0.25) is 0 Å². The van der Waals surface area contributed by atoms with E-state index in [9.17, 15) is 0 Å². The van der Waals surface area contributed by atoms with Gasteiger partial charge in [0.15, 0.2) is 0 Å². The molecular formula is C19H43NO3. The molecule has 142 valence electrons. The molecule has 4 nitrogen and oxygen atoms in total. The number of hydrogen-bond acceptors (Lipinski definition) is 4. The molecule has 0 aromatic carbocycles. The average Bonchev–Trinajstić information content (AvgIpc) is 2.59. The molecule has 4 heteroatoms. The molecule has 0 radical (unpaired) electrons. The Morgan fingerprint density at radius 2 is 0.913 bits per heavy atom. The largest absolute Gasteiger partial charge is 0.394 e. The van der Waals surface area contributed by atoms with E-state index in [1.54, 1.807) is 0 Å². The second-order valence-electron chi connectivity index (χ2n) is 6.40. The molecule has 23 heavy (non-hydrogen) atoms. The fraction of sp³-hybridized carbons (Fsp3) is 1.00. The van der Waals surface area contributed by atoms with Crippen LogP contribution in [0.3, 0.4) is 0 Å². The number of aliphatic hydroxyl groups is 3. The van der Waals surface area contributed by atoms with Crippen LogP contribution < -0.4 is 5.73 Å². The van der Waals surface area contributed by atoms with Gasteiger partial charge in [0.05, 0.1) is 13.2 Å². The lowest BCUT2D eigenvalue weighted by atomic mass is 10.0. The molecule has 0 amide bonds. The highest BCUT2D eigenvalue weighted by Crippen LogP contribution is 2.12. The predicted molar refractivity (Wildman–Crippen MR) is 99.5 cm³/mol. The van der Waals surface area contributed by atoms with E-state index < -0.39 is 6.10 Å². The second-order valence-corrected chi connectivity index (χ2v) is 6.40. The maximum absolute atomic E-state index is 8.17. The van der Waals surface area contributed by atoms with E-state index in [4.69, 9.17) is 21.1 Å². The molecule has 0 aromatic heterocycles. The zero-order chi connectivity index (χ0) is 17.6. The maximum atomic E-state index is 8.17. The van der Waals surface area contributed by atoms with Crippen molar-refractivity contribution in [1.29, 1.82) is 0 Å². The Bertz CT molecular complexity index is 173. The summed E-state index contributed by atoms with van der Waals surface area (Å²) in [4.78, 5) is 0. The third-order valence-electron chi connectivity index (χ3n) is 3.98. The molecule has 0 fully saturated rings. The first-order valence-electron chi connectivity index (χ1n) is 9.82. The fourth-order valence-electron chi connectivity index (χ4n) is 2.40. The van der Waals surface area contributed by atoms with Gasteiger partial charge in [0, 0.05) is 0 Å². The van der Waals surface area contributed by atoms with Crippen LogP contribution in [0, 0.1) is 0 Å². The molecular weight excluding hydrogens is 290 g/mol. The Kier molecular flexibility index (Phi) is 26.3. The van der Waals surface area contributed by atoms with Gasteiger partial charge in [-0.15, -0.1) is 0 Å². The first-order valence-corrected chi connectivity index (χ1v) is 9.82. The van der Waals surface area contributed by atoms with Crippen LogP contribution in [0.25, 0.3) is 0 Å². The van der Waals surface area contributed by atoms with Crippen LogP contribution in [0.4, 0.5) is 0 Å². The van der Waals surface area contributed by atoms with E-state index in [-0.39, 0.29) is 13.2 Å². The van der Waals surface area contributed by atoms with Crippen molar-refractivity contribution in [3.05, 3.63) is 0 Å². The highest BCUT2D eigenvalue weighted by atomic mass is 16.3. The molecule has 0 spiro atoms. The molecule has 0 atom stereocenters. The van der Waals surface area contributed by atoms with Gasteiger partial charge in [-0.2, -0.15) is 0 Å². The minimum Gasteiger partial charge on any atom is -0.394 e. The van der Waals surface area contributed by atoms with E-state index in [2.05, 4.69) is 6.92 Å². The number of unbranched alkanes of at least 4 members (excludes halogenated alkanes) is 13. The number of nitrogens with two attached hydrogens (primary N) is 1. The van der Waals surface area contributed by atoms with Gasteiger partial charge in [-0.05, 0) is 13.0 Å². The second kappa shape index (κ2) is 24.1. The standard InChI is InChI=1S/C16H35N.C3H8O3/c1-2-3-4-5-6-7-8-9-10-11-12-13-14-15-16-17;4-1-3(6)2-5/h2-17H2,1H3;3-6H,1-2H2. The van der Waals surface area contributed by atoms with Crippen molar-refractivity contribution in [3.8, 4) is 0 Å². The van der Waals surface area contributed by atoms with Crippen LogP contribution in [0.15, 0.2) is 0 Å². The first kappa shape index (κ1) is 25.1. The van der Waals surface area contributed by atoms with Crippen LogP contribution in [-0.4, -0.2) is 41.2 Å². The SMILES string of the molecule is CCCCCCCCCCCCCCCCN.OCC(O)CO. The summed E-state index contributed by atoms with van der Waals surface area (Å²) in [5.74, 6) is 0. The van der Waals surface area contributed by atoms with Crippen molar-refractivity contribution in [2.45, 2.75) is 103 Å². The quantitative estimate of drug-likeness (QED) is 0.324. The number of aliphatic hydroxyl groups excluding tert-OH is 3. The molecule has 0 aliphatic carbocycles. The normalized spacial score (nSPS) is 10.7. The monoisotopic (exact) mass is 333 g/mol. The number of hydrogen-bond donors (Lipinski definition) is 4. The lowest BCUT2D eigenvalue weighted by Gasteiger charge is -2.02. The molecule has 0 rings (SSSR count). The van der Waals surface area contributed by atoms with E-state index in [0.717, 1.165) is 6.54 Å². The van der Waals surface area contributed by atoms with Crippen molar-refractivity contribution in [3.63, 3.8) is 0 Å². The fourth-order valence-corrected chi connectivity index (χ4v) is 2.40. The van der Waals surface area contributed by atoms with Gasteiger partial charge in [-0.1, -0.05) is 90.4 Å². The van der Waals surface area contributed by atoms with Crippen LogP contribution in [0.1, 0.15) is 96.8 Å². The summed E-state index contributed by atoms with van der Waals surface area (Å²) >= 11 is 0. The van der Waals surface area contributed by atoms with Gasteiger partial charge >= 0.3 is 0 Å². The first-order chi connectivity index (χ1) is 11.2. The summed E-state index contributed by atoms with van der Waals surface area (Å²) in [5, 5.41) is 24.0. The molecule has 0 aromatic rings. The van der Waals surface area contributed by atoms with Crippen LogP contribution >= 0.6 is 0 Å². The number of rotatable bonds is 16.